The minimum atomic E-state index is -0.208. The summed E-state index contributed by atoms with van der Waals surface area (Å²) in [4.78, 5) is 0. The van der Waals surface area contributed by atoms with Gasteiger partial charge < -0.3 is 5.32 Å². The Morgan fingerprint density at radius 1 is 1.40 bits per heavy atom. The normalized spacial score (nSPS) is 10.9. The molecule has 0 atom stereocenters. The molecule has 2 aromatic rings. The molecule has 2 nitrogen and oxygen atoms in total. The Balaban J connectivity index is 2.76. The maximum Gasteiger partial charge on any atom is 0.147 e. The Kier molecular flexibility index (Phi) is 3.11. The van der Waals surface area contributed by atoms with Crippen LogP contribution in [0.25, 0.3) is 10.9 Å². The second-order valence-corrected chi connectivity index (χ2v) is 4.97. The average Bonchev–Trinajstić information content (AvgIpc) is 2.51. The third-order valence-corrected chi connectivity index (χ3v) is 4.16. The Labute approximate surface area is 104 Å². The second kappa shape index (κ2) is 4.21. The highest BCUT2D eigenvalue weighted by atomic mass is 127. The summed E-state index contributed by atoms with van der Waals surface area (Å²) in [7, 11) is 3.32. The molecule has 0 amide bonds. The van der Waals surface area contributed by atoms with Gasteiger partial charge in [-0.05, 0) is 25.1 Å². The van der Waals surface area contributed by atoms with E-state index in [9.17, 15) is 4.39 Å². The predicted octanol–water partition coefficient (Wildman–Crippen LogP) is 3.98. The van der Waals surface area contributed by atoms with E-state index in [4.69, 9.17) is 0 Å². The van der Waals surface area contributed by atoms with Crippen LogP contribution < -0.4 is 5.32 Å². The third kappa shape index (κ3) is 1.82. The number of nitrogens with one attached hydrogen (secondary N) is 1. The van der Waals surface area contributed by atoms with Crippen LogP contribution in [0.15, 0.2) is 18.2 Å². The molecule has 0 spiro atoms. The Morgan fingerprint density at radius 3 is 2.73 bits per heavy atom. The standard InChI is InChI=1S/C10H10FIN2S/c1-6-3-7-4-8(11)9(13-2)5-10(7)14(6)15-12/h3-5,13H,1-2H3. The van der Waals surface area contributed by atoms with E-state index >= 15 is 0 Å². The molecule has 1 heterocycles. The Hall–Kier alpha value is -0.430. The van der Waals surface area contributed by atoms with Gasteiger partial charge in [-0.3, -0.25) is 3.97 Å². The fourth-order valence-corrected chi connectivity index (χ4v) is 3.59. The zero-order valence-electron chi connectivity index (χ0n) is 8.34. The number of fused-ring (bicyclic) bond motifs is 1. The van der Waals surface area contributed by atoms with Crippen molar-refractivity contribution in [3.05, 3.63) is 29.7 Å². The van der Waals surface area contributed by atoms with E-state index in [1.807, 2.05) is 19.1 Å². The van der Waals surface area contributed by atoms with Gasteiger partial charge in [0.25, 0.3) is 0 Å². The van der Waals surface area contributed by atoms with Crippen LogP contribution in [0.4, 0.5) is 10.1 Å². The summed E-state index contributed by atoms with van der Waals surface area (Å²) in [5.41, 5.74) is 2.70. The molecule has 0 aliphatic heterocycles. The minimum absolute atomic E-state index is 0.208. The van der Waals surface area contributed by atoms with Crippen LogP contribution in [0.5, 0.6) is 0 Å². The van der Waals surface area contributed by atoms with Crippen molar-refractivity contribution in [3.63, 3.8) is 0 Å². The van der Waals surface area contributed by atoms with Crippen LogP contribution in [0.3, 0.4) is 0 Å². The van der Waals surface area contributed by atoms with Gasteiger partial charge in [0.05, 0.1) is 11.2 Å². The van der Waals surface area contributed by atoms with Gasteiger partial charge in [0.1, 0.15) is 5.82 Å². The highest BCUT2D eigenvalue weighted by Gasteiger charge is 2.09. The van der Waals surface area contributed by atoms with Crippen molar-refractivity contribution in [3.8, 4) is 0 Å². The lowest BCUT2D eigenvalue weighted by molar-refractivity contribution is 0.633. The average molecular weight is 336 g/mol. The molecule has 0 fully saturated rings. The molecule has 1 aromatic carbocycles. The highest BCUT2D eigenvalue weighted by Crippen LogP contribution is 2.31. The quantitative estimate of drug-likeness (QED) is 0.836. The predicted molar refractivity (Wildman–Crippen MR) is 73.2 cm³/mol. The molecule has 1 N–H and O–H groups in total. The third-order valence-electron chi connectivity index (χ3n) is 2.36. The zero-order valence-corrected chi connectivity index (χ0v) is 11.3. The molecule has 1 aromatic heterocycles. The maximum atomic E-state index is 13.5. The van der Waals surface area contributed by atoms with Gasteiger partial charge >= 0.3 is 0 Å². The van der Waals surface area contributed by atoms with Crippen molar-refractivity contribution in [1.82, 2.24) is 3.97 Å². The van der Waals surface area contributed by atoms with Gasteiger partial charge in [0.15, 0.2) is 0 Å². The topological polar surface area (TPSA) is 17.0 Å². The highest BCUT2D eigenvalue weighted by molar-refractivity contribution is 14.2. The van der Waals surface area contributed by atoms with Crippen LogP contribution in [-0.2, 0) is 0 Å². The number of benzene rings is 1. The van der Waals surface area contributed by atoms with Gasteiger partial charge in [-0.25, -0.2) is 4.39 Å². The first kappa shape index (κ1) is 11.1. The number of rotatable bonds is 2. The molecule has 0 radical (unpaired) electrons. The summed E-state index contributed by atoms with van der Waals surface area (Å²) in [5, 5.41) is 3.79. The summed E-state index contributed by atoms with van der Waals surface area (Å²) in [6, 6.07) is 5.39. The van der Waals surface area contributed by atoms with Gasteiger partial charge in [0.2, 0.25) is 0 Å². The van der Waals surface area contributed by atoms with Crippen molar-refractivity contribution >= 4 is 46.9 Å². The molecule has 0 aliphatic carbocycles. The van der Waals surface area contributed by atoms with E-state index in [0.717, 1.165) is 16.6 Å². The van der Waals surface area contributed by atoms with Crippen LogP contribution in [0.2, 0.25) is 0 Å². The Bertz CT molecular complexity index is 510. The van der Waals surface area contributed by atoms with Crippen LogP contribution >= 0.6 is 30.3 Å². The first-order valence-corrected chi connectivity index (χ1v) is 7.77. The van der Waals surface area contributed by atoms with Gasteiger partial charge in [-0.15, -0.1) is 0 Å². The van der Waals surface area contributed by atoms with E-state index in [0.29, 0.717) is 5.69 Å². The smallest absolute Gasteiger partial charge is 0.147 e. The van der Waals surface area contributed by atoms with E-state index in [1.54, 1.807) is 22.2 Å². The zero-order chi connectivity index (χ0) is 11.0. The molecule has 2 rings (SSSR count). The molecule has 15 heavy (non-hydrogen) atoms. The number of nitrogens with zero attached hydrogens (tertiary/aromatic N) is 1. The van der Waals surface area contributed by atoms with Gasteiger partial charge in [-0.1, -0.05) is 0 Å². The molecular formula is C10H10FIN2S. The molecule has 0 saturated carbocycles. The molecule has 5 heteroatoms. The van der Waals surface area contributed by atoms with Crippen molar-refractivity contribution in [2.45, 2.75) is 6.92 Å². The molecule has 80 valence electrons. The van der Waals surface area contributed by atoms with Crippen molar-refractivity contribution in [1.29, 1.82) is 0 Å². The van der Waals surface area contributed by atoms with Crippen molar-refractivity contribution in [2.75, 3.05) is 12.4 Å². The van der Waals surface area contributed by atoms with E-state index in [2.05, 4.69) is 30.5 Å². The lowest BCUT2D eigenvalue weighted by Crippen LogP contribution is -1.93. The fraction of sp³-hybridized carbons (Fsp3) is 0.200. The number of aryl methyl sites for hydroxylation is 1. The molecular weight excluding hydrogens is 326 g/mol. The maximum absolute atomic E-state index is 13.5. The van der Waals surface area contributed by atoms with Crippen LogP contribution in [-0.4, -0.2) is 11.0 Å². The second-order valence-electron chi connectivity index (χ2n) is 3.29. The summed E-state index contributed by atoms with van der Waals surface area (Å²) < 4.78 is 15.6. The first-order chi connectivity index (χ1) is 7.17. The fourth-order valence-electron chi connectivity index (χ4n) is 1.63. The van der Waals surface area contributed by atoms with E-state index in [-0.39, 0.29) is 5.82 Å². The monoisotopic (exact) mass is 336 g/mol. The molecule has 0 unspecified atom stereocenters. The first-order valence-electron chi connectivity index (χ1n) is 4.46. The largest absolute Gasteiger partial charge is 0.386 e. The molecule has 0 saturated heterocycles. The number of halogens is 2. The summed E-state index contributed by atoms with van der Waals surface area (Å²) in [6.45, 7) is 2.02. The summed E-state index contributed by atoms with van der Waals surface area (Å²) >= 11 is 2.22. The number of anilines is 1. The SMILES string of the molecule is CNc1cc2c(cc1F)cc(C)n2SI. The van der Waals surface area contributed by atoms with Crippen molar-refractivity contribution in [2.24, 2.45) is 0 Å². The number of hydrogen-bond donors (Lipinski definition) is 1. The lowest BCUT2D eigenvalue weighted by atomic mass is 10.2. The molecule has 0 bridgehead atoms. The lowest BCUT2D eigenvalue weighted by Gasteiger charge is -2.05. The summed E-state index contributed by atoms with van der Waals surface area (Å²) in [6.07, 6.45) is 0. The molecule has 0 aliphatic rings. The van der Waals surface area contributed by atoms with Crippen LogP contribution in [0.1, 0.15) is 5.69 Å². The Morgan fingerprint density at radius 2 is 2.13 bits per heavy atom. The number of aromatic nitrogens is 1. The number of hydrogen-bond acceptors (Lipinski definition) is 2. The summed E-state index contributed by atoms with van der Waals surface area (Å²) in [5.74, 6) is -0.208. The van der Waals surface area contributed by atoms with E-state index < -0.39 is 0 Å². The van der Waals surface area contributed by atoms with Crippen molar-refractivity contribution < 1.29 is 4.39 Å². The minimum Gasteiger partial charge on any atom is -0.386 e. The van der Waals surface area contributed by atoms with Crippen LogP contribution in [0, 0.1) is 12.7 Å². The van der Waals surface area contributed by atoms with E-state index in [1.165, 1.54) is 0 Å². The van der Waals surface area contributed by atoms with Gasteiger partial charge in [0, 0.05) is 48.5 Å². The van der Waals surface area contributed by atoms with Gasteiger partial charge in [-0.2, -0.15) is 0 Å².